The molecule has 0 radical (unpaired) electrons. The molecular weight excluding hydrogens is 454 g/mol. The quantitative estimate of drug-likeness (QED) is 0.352. The second-order valence-electron chi connectivity index (χ2n) is 8.08. The van der Waals surface area contributed by atoms with Gasteiger partial charge in [-0.1, -0.05) is 35.9 Å². The van der Waals surface area contributed by atoms with Crippen molar-refractivity contribution >= 4 is 51.7 Å². The molecule has 4 rings (SSSR count). The summed E-state index contributed by atoms with van der Waals surface area (Å²) in [7, 11) is 0. The molecule has 1 heterocycles. The number of amides is 4. The first kappa shape index (κ1) is 23.4. The van der Waals surface area contributed by atoms with Gasteiger partial charge in [-0.25, -0.2) is 0 Å². The number of hydrogen-bond donors (Lipinski definition) is 2. The maximum absolute atomic E-state index is 12.9. The van der Waals surface area contributed by atoms with E-state index in [0.29, 0.717) is 46.6 Å². The molecule has 0 atom stereocenters. The molecule has 0 aliphatic carbocycles. The summed E-state index contributed by atoms with van der Waals surface area (Å²) in [5, 5.41) is 7.69. The van der Waals surface area contributed by atoms with Gasteiger partial charge >= 0.3 is 0 Å². The zero-order chi connectivity index (χ0) is 24.1. The summed E-state index contributed by atoms with van der Waals surface area (Å²) in [6.07, 6.45) is 1.30. The average Bonchev–Trinajstić information content (AvgIpc) is 2.83. The second-order valence-corrected chi connectivity index (χ2v) is 8.52. The van der Waals surface area contributed by atoms with E-state index in [1.54, 1.807) is 48.5 Å². The fourth-order valence-electron chi connectivity index (χ4n) is 4.00. The second kappa shape index (κ2) is 10.5. The van der Waals surface area contributed by atoms with Gasteiger partial charge in [0.25, 0.3) is 11.8 Å². The highest BCUT2D eigenvalue weighted by Crippen LogP contribution is 2.30. The van der Waals surface area contributed by atoms with Crippen molar-refractivity contribution in [2.75, 3.05) is 18.4 Å². The lowest BCUT2D eigenvalue weighted by Crippen LogP contribution is -2.41. The van der Waals surface area contributed by atoms with Gasteiger partial charge in [0.2, 0.25) is 11.8 Å². The Morgan fingerprint density at radius 2 is 1.41 bits per heavy atom. The highest BCUT2D eigenvalue weighted by molar-refractivity contribution is 6.30. The number of hydrogen-bond acceptors (Lipinski definition) is 4. The Bertz CT molecular complexity index is 1210. The predicted octanol–water partition coefficient (Wildman–Crippen LogP) is 4.40. The van der Waals surface area contributed by atoms with Crippen molar-refractivity contribution in [3.8, 4) is 0 Å². The molecule has 0 fully saturated rings. The summed E-state index contributed by atoms with van der Waals surface area (Å²) in [5.41, 5.74) is 1.68. The van der Waals surface area contributed by atoms with Crippen LogP contribution in [0.2, 0.25) is 5.02 Å². The lowest BCUT2D eigenvalue weighted by atomic mass is 9.94. The van der Waals surface area contributed by atoms with Crippen molar-refractivity contribution in [1.82, 2.24) is 10.2 Å². The molecule has 4 amide bonds. The fraction of sp³-hybridized carbons (Fsp3) is 0.231. The van der Waals surface area contributed by atoms with E-state index < -0.39 is 0 Å². The number of anilines is 1. The van der Waals surface area contributed by atoms with Gasteiger partial charge in [0.15, 0.2) is 0 Å². The smallest absolute Gasteiger partial charge is 0.261 e. The fourth-order valence-corrected chi connectivity index (χ4v) is 4.13. The summed E-state index contributed by atoms with van der Waals surface area (Å²) in [6, 6.07) is 17.6. The first-order valence-corrected chi connectivity index (χ1v) is 11.5. The lowest BCUT2D eigenvalue weighted by molar-refractivity contribution is -0.121. The zero-order valence-corrected chi connectivity index (χ0v) is 19.2. The van der Waals surface area contributed by atoms with Crippen molar-refractivity contribution < 1.29 is 19.2 Å². The van der Waals surface area contributed by atoms with Crippen LogP contribution in [-0.4, -0.2) is 41.6 Å². The maximum atomic E-state index is 12.9. The van der Waals surface area contributed by atoms with Gasteiger partial charge in [-0.05, 0) is 54.6 Å². The molecule has 0 saturated carbocycles. The van der Waals surface area contributed by atoms with Gasteiger partial charge in [0.1, 0.15) is 0 Å². The molecule has 34 heavy (non-hydrogen) atoms. The van der Waals surface area contributed by atoms with Crippen LogP contribution >= 0.6 is 11.6 Å². The molecule has 1 aliphatic rings. The molecule has 8 heteroatoms. The summed E-state index contributed by atoms with van der Waals surface area (Å²) in [5.74, 6) is -0.991. The molecule has 0 bridgehead atoms. The predicted molar refractivity (Wildman–Crippen MR) is 131 cm³/mol. The Balaban J connectivity index is 1.19. The molecule has 3 aromatic rings. The van der Waals surface area contributed by atoms with Crippen LogP contribution in [-0.2, 0) is 9.59 Å². The van der Waals surface area contributed by atoms with Crippen LogP contribution < -0.4 is 10.6 Å². The van der Waals surface area contributed by atoms with Crippen LogP contribution in [0, 0.1) is 0 Å². The van der Waals surface area contributed by atoms with Gasteiger partial charge in [-0.3, -0.25) is 24.1 Å². The third kappa shape index (κ3) is 5.26. The van der Waals surface area contributed by atoms with Crippen LogP contribution in [0.5, 0.6) is 0 Å². The zero-order valence-electron chi connectivity index (χ0n) is 18.5. The summed E-state index contributed by atoms with van der Waals surface area (Å²) in [6.45, 7) is 0.531. The Morgan fingerprint density at radius 3 is 2.06 bits per heavy atom. The molecule has 0 unspecified atom stereocenters. The monoisotopic (exact) mass is 477 g/mol. The number of halogens is 1. The van der Waals surface area contributed by atoms with Crippen LogP contribution in [0.1, 0.15) is 46.4 Å². The van der Waals surface area contributed by atoms with Crippen LogP contribution in [0.3, 0.4) is 0 Å². The minimum atomic E-state index is -0.332. The molecular formula is C26H24ClN3O4. The van der Waals surface area contributed by atoms with Crippen molar-refractivity contribution in [1.29, 1.82) is 0 Å². The minimum Gasteiger partial charge on any atom is -0.356 e. The van der Waals surface area contributed by atoms with E-state index in [0.717, 1.165) is 5.39 Å². The molecule has 1 aliphatic heterocycles. The summed E-state index contributed by atoms with van der Waals surface area (Å²) in [4.78, 5) is 51.1. The highest BCUT2D eigenvalue weighted by atomic mass is 35.5. The first-order chi connectivity index (χ1) is 16.4. The van der Waals surface area contributed by atoms with Crippen LogP contribution in [0.25, 0.3) is 10.8 Å². The van der Waals surface area contributed by atoms with Crippen LogP contribution in [0.4, 0.5) is 5.69 Å². The average molecular weight is 478 g/mol. The number of nitrogens with zero attached hydrogens (tertiary/aromatic N) is 1. The first-order valence-electron chi connectivity index (χ1n) is 11.1. The number of rotatable bonds is 9. The van der Waals surface area contributed by atoms with E-state index in [1.807, 2.05) is 12.1 Å². The molecule has 0 aromatic heterocycles. The van der Waals surface area contributed by atoms with Gasteiger partial charge in [-0.15, -0.1) is 0 Å². The Morgan fingerprint density at radius 1 is 0.794 bits per heavy atom. The largest absolute Gasteiger partial charge is 0.356 e. The van der Waals surface area contributed by atoms with Gasteiger partial charge in [0, 0.05) is 53.2 Å². The molecule has 2 N–H and O–H groups in total. The van der Waals surface area contributed by atoms with Gasteiger partial charge in [0.05, 0.1) is 0 Å². The Kier molecular flexibility index (Phi) is 7.23. The van der Waals surface area contributed by atoms with E-state index in [1.165, 1.54) is 4.90 Å². The molecule has 0 spiro atoms. The third-order valence-corrected chi connectivity index (χ3v) is 5.92. The number of benzene rings is 3. The number of carbonyl (C=O) groups is 4. The van der Waals surface area contributed by atoms with Gasteiger partial charge < -0.3 is 10.6 Å². The SMILES string of the molecule is O=C(CCCN1C(=O)c2cccc3cccc(c23)C1=O)NCCCC(=O)Nc1ccc(Cl)cc1. The normalized spacial score (nSPS) is 12.7. The summed E-state index contributed by atoms with van der Waals surface area (Å²) >= 11 is 5.82. The van der Waals surface area contributed by atoms with Crippen LogP contribution in [0.15, 0.2) is 60.7 Å². The highest BCUT2D eigenvalue weighted by Gasteiger charge is 2.32. The number of carbonyl (C=O) groups excluding carboxylic acids is 4. The Hall–Kier alpha value is -3.71. The van der Waals surface area contributed by atoms with Crippen molar-refractivity contribution in [3.05, 3.63) is 76.8 Å². The topological polar surface area (TPSA) is 95.6 Å². The van der Waals surface area contributed by atoms with E-state index in [-0.39, 0.29) is 43.0 Å². The Labute approximate surface area is 202 Å². The minimum absolute atomic E-state index is 0.144. The number of nitrogens with one attached hydrogen (secondary N) is 2. The van der Waals surface area contributed by atoms with E-state index in [9.17, 15) is 19.2 Å². The molecule has 3 aromatic carbocycles. The van der Waals surface area contributed by atoms with Crippen molar-refractivity contribution in [2.24, 2.45) is 0 Å². The lowest BCUT2D eigenvalue weighted by Gasteiger charge is -2.27. The van der Waals surface area contributed by atoms with Gasteiger partial charge in [-0.2, -0.15) is 0 Å². The molecule has 0 saturated heterocycles. The molecule has 7 nitrogen and oxygen atoms in total. The van der Waals surface area contributed by atoms with E-state index in [2.05, 4.69) is 10.6 Å². The maximum Gasteiger partial charge on any atom is 0.261 e. The number of imide groups is 1. The van der Waals surface area contributed by atoms with Crippen molar-refractivity contribution in [3.63, 3.8) is 0 Å². The van der Waals surface area contributed by atoms with E-state index in [4.69, 9.17) is 11.6 Å². The van der Waals surface area contributed by atoms with Crippen molar-refractivity contribution in [2.45, 2.75) is 25.7 Å². The summed E-state index contributed by atoms with van der Waals surface area (Å²) < 4.78 is 0. The molecule has 174 valence electrons. The standard InChI is InChI=1S/C26H24ClN3O4/c27-18-11-13-19(14-12-18)29-23(32)9-3-15-28-22(31)10-4-16-30-25(33)20-7-1-5-17-6-2-8-21(24(17)20)26(30)34/h1-2,5-8,11-14H,3-4,9-10,15-16H2,(H,28,31)(H,29,32). The third-order valence-electron chi connectivity index (χ3n) is 5.67. The van der Waals surface area contributed by atoms with E-state index >= 15 is 0 Å².